The smallest absolute Gasteiger partial charge is 0.243 e. The Bertz CT molecular complexity index is 943. The molecule has 1 fully saturated rings. The van der Waals surface area contributed by atoms with E-state index in [9.17, 15) is 14.4 Å². The Balaban J connectivity index is 1.63. The lowest BCUT2D eigenvalue weighted by atomic mass is 10.00. The SMILES string of the molecule is COc1ccc(N2C[C@@H](C(=O)N[C@H](C(=O)N[C@H](C)c3ccccc3)C(C)C)CC2=O)cc1. The zero-order valence-corrected chi connectivity index (χ0v) is 19.0. The summed E-state index contributed by atoms with van der Waals surface area (Å²) < 4.78 is 5.16. The molecule has 170 valence electrons. The molecule has 2 aromatic rings. The van der Waals surface area contributed by atoms with Gasteiger partial charge in [0.2, 0.25) is 17.7 Å². The van der Waals surface area contributed by atoms with Gasteiger partial charge in [0.25, 0.3) is 0 Å². The van der Waals surface area contributed by atoms with E-state index in [-0.39, 0.29) is 42.6 Å². The second kappa shape index (κ2) is 10.3. The van der Waals surface area contributed by atoms with Gasteiger partial charge in [0, 0.05) is 18.7 Å². The zero-order valence-electron chi connectivity index (χ0n) is 19.0. The maximum atomic E-state index is 13.0. The van der Waals surface area contributed by atoms with E-state index < -0.39 is 12.0 Å². The standard InChI is InChI=1S/C25H31N3O4/c1-16(2)23(25(31)26-17(3)18-8-6-5-7-9-18)27-24(30)19-14-22(29)28(15-19)20-10-12-21(32-4)13-11-20/h5-13,16-17,19,23H,14-15H2,1-4H3,(H,26,31)(H,27,30)/t17-,19+,23+/m1/s1. The van der Waals surface area contributed by atoms with E-state index >= 15 is 0 Å². The summed E-state index contributed by atoms with van der Waals surface area (Å²) in [5.74, 6) is -0.540. The molecular formula is C25H31N3O4. The Hall–Kier alpha value is -3.35. The first-order valence-electron chi connectivity index (χ1n) is 10.9. The first kappa shape index (κ1) is 23.3. The summed E-state index contributed by atoms with van der Waals surface area (Å²) in [6, 6.07) is 16.0. The molecule has 1 saturated heterocycles. The van der Waals surface area contributed by atoms with Crippen LogP contribution in [0.25, 0.3) is 0 Å². The van der Waals surface area contributed by atoms with Crippen LogP contribution in [-0.4, -0.2) is 37.4 Å². The molecule has 3 atom stereocenters. The summed E-state index contributed by atoms with van der Waals surface area (Å²) >= 11 is 0. The second-order valence-corrected chi connectivity index (χ2v) is 8.47. The third-order valence-electron chi connectivity index (χ3n) is 5.79. The van der Waals surface area contributed by atoms with Crippen molar-refractivity contribution in [2.24, 2.45) is 11.8 Å². The molecule has 2 N–H and O–H groups in total. The molecule has 0 aromatic heterocycles. The third kappa shape index (κ3) is 5.46. The molecule has 0 saturated carbocycles. The van der Waals surface area contributed by atoms with Gasteiger partial charge in [-0.2, -0.15) is 0 Å². The Morgan fingerprint density at radius 1 is 1.00 bits per heavy atom. The van der Waals surface area contributed by atoms with Gasteiger partial charge in [0.05, 0.1) is 19.1 Å². The van der Waals surface area contributed by atoms with Crippen LogP contribution in [0.1, 0.15) is 38.8 Å². The molecule has 1 heterocycles. The quantitative estimate of drug-likeness (QED) is 0.664. The van der Waals surface area contributed by atoms with Crippen molar-refractivity contribution in [3.63, 3.8) is 0 Å². The lowest BCUT2D eigenvalue weighted by molar-refractivity contribution is -0.132. The number of nitrogens with zero attached hydrogens (tertiary/aromatic N) is 1. The highest BCUT2D eigenvalue weighted by atomic mass is 16.5. The summed E-state index contributed by atoms with van der Waals surface area (Å²) in [6.07, 6.45) is 0.116. The molecule has 32 heavy (non-hydrogen) atoms. The van der Waals surface area contributed by atoms with E-state index in [1.165, 1.54) is 0 Å². The van der Waals surface area contributed by atoms with Crippen LogP contribution < -0.4 is 20.3 Å². The van der Waals surface area contributed by atoms with E-state index in [0.29, 0.717) is 5.75 Å². The molecule has 7 nitrogen and oxygen atoms in total. The van der Waals surface area contributed by atoms with Gasteiger partial charge >= 0.3 is 0 Å². The van der Waals surface area contributed by atoms with Crippen molar-refractivity contribution < 1.29 is 19.1 Å². The fourth-order valence-electron chi connectivity index (χ4n) is 3.83. The molecule has 7 heteroatoms. The lowest BCUT2D eigenvalue weighted by Gasteiger charge is -2.25. The predicted octanol–water partition coefficient (Wildman–Crippen LogP) is 3.07. The minimum atomic E-state index is -0.682. The van der Waals surface area contributed by atoms with E-state index in [1.54, 1.807) is 36.3 Å². The number of anilines is 1. The maximum absolute atomic E-state index is 13.0. The summed E-state index contributed by atoms with van der Waals surface area (Å²) in [5, 5.41) is 5.86. The minimum absolute atomic E-state index is 0.100. The number of carbonyl (C=O) groups excluding carboxylic acids is 3. The van der Waals surface area contributed by atoms with Crippen molar-refractivity contribution in [2.45, 2.75) is 39.3 Å². The molecule has 0 unspecified atom stereocenters. The monoisotopic (exact) mass is 437 g/mol. The number of amides is 3. The molecule has 3 rings (SSSR count). The van der Waals surface area contributed by atoms with Crippen molar-refractivity contribution in [1.29, 1.82) is 0 Å². The second-order valence-electron chi connectivity index (χ2n) is 8.47. The number of benzene rings is 2. The molecule has 3 amide bonds. The number of ether oxygens (including phenoxy) is 1. The Morgan fingerprint density at radius 3 is 2.25 bits per heavy atom. The van der Waals surface area contributed by atoms with Crippen LogP contribution in [-0.2, 0) is 14.4 Å². The van der Waals surface area contributed by atoms with Crippen LogP contribution in [0.2, 0.25) is 0 Å². The largest absolute Gasteiger partial charge is 0.497 e. The highest BCUT2D eigenvalue weighted by Gasteiger charge is 2.37. The number of hydrogen-bond donors (Lipinski definition) is 2. The van der Waals surface area contributed by atoms with Crippen molar-refractivity contribution >= 4 is 23.4 Å². The summed E-state index contributed by atoms with van der Waals surface area (Å²) in [4.78, 5) is 40.0. The molecule has 0 aliphatic carbocycles. The van der Waals surface area contributed by atoms with E-state index in [2.05, 4.69) is 10.6 Å². The maximum Gasteiger partial charge on any atom is 0.243 e. The molecule has 0 radical (unpaired) electrons. The average Bonchev–Trinajstić information content (AvgIpc) is 3.19. The number of methoxy groups -OCH3 is 1. The third-order valence-corrected chi connectivity index (χ3v) is 5.79. The predicted molar refractivity (Wildman–Crippen MR) is 123 cm³/mol. The Labute approximate surface area is 189 Å². The van der Waals surface area contributed by atoms with Crippen molar-refractivity contribution in [1.82, 2.24) is 10.6 Å². The average molecular weight is 438 g/mol. The molecule has 1 aliphatic heterocycles. The number of rotatable bonds is 8. The van der Waals surface area contributed by atoms with Crippen molar-refractivity contribution in [3.8, 4) is 5.75 Å². The van der Waals surface area contributed by atoms with Gasteiger partial charge in [-0.25, -0.2) is 0 Å². The lowest BCUT2D eigenvalue weighted by Crippen LogP contribution is -2.51. The highest BCUT2D eigenvalue weighted by molar-refractivity contribution is 6.01. The van der Waals surface area contributed by atoms with Crippen LogP contribution in [0.4, 0.5) is 5.69 Å². The van der Waals surface area contributed by atoms with Crippen molar-refractivity contribution in [2.75, 3.05) is 18.6 Å². The molecule has 2 aromatic carbocycles. The van der Waals surface area contributed by atoms with Gasteiger partial charge in [0.15, 0.2) is 0 Å². The number of nitrogens with one attached hydrogen (secondary N) is 2. The Morgan fingerprint density at radius 2 is 1.66 bits per heavy atom. The minimum Gasteiger partial charge on any atom is -0.497 e. The van der Waals surface area contributed by atoms with Gasteiger partial charge in [-0.1, -0.05) is 44.2 Å². The van der Waals surface area contributed by atoms with Crippen LogP contribution in [0, 0.1) is 11.8 Å². The van der Waals surface area contributed by atoms with Gasteiger partial charge in [-0.3, -0.25) is 14.4 Å². The fourth-order valence-corrected chi connectivity index (χ4v) is 3.83. The molecule has 1 aliphatic rings. The van der Waals surface area contributed by atoms with Crippen LogP contribution in [0.3, 0.4) is 0 Å². The fraction of sp³-hybridized carbons (Fsp3) is 0.400. The molecule has 0 spiro atoms. The van der Waals surface area contributed by atoms with E-state index in [4.69, 9.17) is 4.74 Å². The van der Waals surface area contributed by atoms with Gasteiger partial charge in [-0.15, -0.1) is 0 Å². The number of hydrogen-bond acceptors (Lipinski definition) is 4. The van der Waals surface area contributed by atoms with Gasteiger partial charge < -0.3 is 20.3 Å². The Kier molecular flexibility index (Phi) is 7.51. The highest BCUT2D eigenvalue weighted by Crippen LogP contribution is 2.27. The summed E-state index contributed by atoms with van der Waals surface area (Å²) in [5.41, 5.74) is 1.71. The first-order chi connectivity index (χ1) is 15.3. The van der Waals surface area contributed by atoms with Crippen LogP contribution in [0.5, 0.6) is 5.75 Å². The van der Waals surface area contributed by atoms with Gasteiger partial charge in [-0.05, 0) is 42.7 Å². The summed E-state index contributed by atoms with van der Waals surface area (Å²) in [7, 11) is 1.58. The first-order valence-corrected chi connectivity index (χ1v) is 10.9. The number of carbonyl (C=O) groups is 3. The van der Waals surface area contributed by atoms with Crippen LogP contribution in [0.15, 0.2) is 54.6 Å². The van der Waals surface area contributed by atoms with E-state index in [1.807, 2.05) is 51.1 Å². The van der Waals surface area contributed by atoms with E-state index in [0.717, 1.165) is 11.3 Å². The summed E-state index contributed by atoms with van der Waals surface area (Å²) in [6.45, 7) is 5.97. The van der Waals surface area contributed by atoms with Crippen LogP contribution >= 0.6 is 0 Å². The normalized spacial score (nSPS) is 17.7. The molecule has 0 bridgehead atoms. The zero-order chi connectivity index (χ0) is 23.3. The topological polar surface area (TPSA) is 87.7 Å². The van der Waals surface area contributed by atoms with Crippen molar-refractivity contribution in [3.05, 3.63) is 60.2 Å². The van der Waals surface area contributed by atoms with Gasteiger partial charge in [0.1, 0.15) is 11.8 Å². The molecular weight excluding hydrogens is 406 g/mol.